The summed E-state index contributed by atoms with van der Waals surface area (Å²) in [7, 11) is 7.08. The summed E-state index contributed by atoms with van der Waals surface area (Å²) >= 11 is 0. The molecule has 0 aliphatic heterocycles. The monoisotopic (exact) mass is 316 g/mol. The van der Waals surface area contributed by atoms with E-state index < -0.39 is 6.04 Å². The molecule has 0 saturated heterocycles. The van der Waals surface area contributed by atoms with Crippen molar-refractivity contribution in [2.45, 2.75) is 19.5 Å². The Bertz CT molecular complexity index is 681. The molecule has 0 radical (unpaired) electrons. The van der Waals surface area contributed by atoms with E-state index in [9.17, 15) is 4.79 Å². The summed E-state index contributed by atoms with van der Waals surface area (Å²) < 4.78 is 6.96. The molecule has 2 rings (SSSR count). The quantitative estimate of drug-likeness (QED) is 0.880. The van der Waals surface area contributed by atoms with Gasteiger partial charge in [-0.3, -0.25) is 9.48 Å². The maximum Gasteiger partial charge on any atom is 0.244 e. The minimum atomic E-state index is -0.395. The number of amides is 1. The molecule has 0 aliphatic carbocycles. The number of hydrogen-bond acceptors (Lipinski definition) is 4. The van der Waals surface area contributed by atoms with Gasteiger partial charge in [-0.1, -0.05) is 12.1 Å². The third-order valence-corrected chi connectivity index (χ3v) is 3.85. The number of nitrogens with one attached hydrogen (secondary N) is 1. The van der Waals surface area contributed by atoms with Crippen LogP contribution in [0.1, 0.15) is 22.7 Å². The molecule has 0 spiro atoms. The topological polar surface area (TPSA) is 59.4 Å². The Hall–Kier alpha value is -2.34. The van der Waals surface area contributed by atoms with E-state index in [0.29, 0.717) is 6.54 Å². The number of nitrogens with zero attached hydrogens (tertiary/aromatic N) is 3. The van der Waals surface area contributed by atoms with Crippen LogP contribution in [0.15, 0.2) is 30.6 Å². The number of aromatic nitrogens is 2. The van der Waals surface area contributed by atoms with Crippen LogP contribution < -0.4 is 10.1 Å². The van der Waals surface area contributed by atoms with Gasteiger partial charge in [0.25, 0.3) is 0 Å². The molecule has 6 nitrogen and oxygen atoms in total. The molecule has 1 N–H and O–H groups in total. The first-order chi connectivity index (χ1) is 11.0. The van der Waals surface area contributed by atoms with Crippen molar-refractivity contribution < 1.29 is 9.53 Å². The number of methoxy groups -OCH3 is 1. The van der Waals surface area contributed by atoms with Crippen LogP contribution in [-0.2, 0) is 18.4 Å². The van der Waals surface area contributed by atoms with Crippen molar-refractivity contribution in [1.29, 1.82) is 0 Å². The Morgan fingerprint density at radius 3 is 2.74 bits per heavy atom. The maximum absolute atomic E-state index is 12.7. The highest BCUT2D eigenvalue weighted by molar-refractivity contribution is 5.83. The second kappa shape index (κ2) is 7.28. The van der Waals surface area contributed by atoms with Gasteiger partial charge in [-0.25, -0.2) is 0 Å². The smallest absolute Gasteiger partial charge is 0.244 e. The van der Waals surface area contributed by atoms with Gasteiger partial charge in [0.1, 0.15) is 11.8 Å². The number of benzene rings is 1. The van der Waals surface area contributed by atoms with Crippen molar-refractivity contribution in [3.8, 4) is 5.75 Å². The molecule has 0 unspecified atom stereocenters. The molecular formula is C17H24N4O2. The Balaban J connectivity index is 2.11. The zero-order valence-electron chi connectivity index (χ0n) is 14.3. The third-order valence-electron chi connectivity index (χ3n) is 3.85. The first-order valence-corrected chi connectivity index (χ1v) is 7.50. The molecule has 1 aromatic carbocycles. The first-order valence-electron chi connectivity index (χ1n) is 7.50. The Morgan fingerprint density at radius 1 is 1.48 bits per heavy atom. The van der Waals surface area contributed by atoms with Crippen LogP contribution in [0.2, 0.25) is 0 Å². The van der Waals surface area contributed by atoms with E-state index in [4.69, 9.17) is 4.74 Å². The molecule has 6 heteroatoms. The summed E-state index contributed by atoms with van der Waals surface area (Å²) in [4.78, 5) is 14.4. The molecule has 0 bridgehead atoms. The predicted octanol–water partition coefficient (Wildman–Crippen LogP) is 1.66. The Labute approximate surface area is 137 Å². The van der Waals surface area contributed by atoms with Crippen LogP contribution in [0.25, 0.3) is 0 Å². The lowest BCUT2D eigenvalue weighted by atomic mass is 10.1. The maximum atomic E-state index is 12.7. The number of hydrogen-bond donors (Lipinski definition) is 1. The van der Waals surface area contributed by atoms with Crippen LogP contribution in [-0.4, -0.2) is 41.8 Å². The van der Waals surface area contributed by atoms with Crippen molar-refractivity contribution in [3.63, 3.8) is 0 Å². The zero-order valence-corrected chi connectivity index (χ0v) is 14.3. The van der Waals surface area contributed by atoms with Crippen LogP contribution in [0.3, 0.4) is 0 Å². The molecule has 23 heavy (non-hydrogen) atoms. The summed E-state index contributed by atoms with van der Waals surface area (Å²) in [5.41, 5.74) is 2.99. The average molecular weight is 316 g/mol. The van der Waals surface area contributed by atoms with Crippen molar-refractivity contribution in [2.75, 3.05) is 21.2 Å². The van der Waals surface area contributed by atoms with Gasteiger partial charge in [-0.15, -0.1) is 0 Å². The fourth-order valence-corrected chi connectivity index (χ4v) is 2.63. The predicted molar refractivity (Wildman–Crippen MR) is 89.2 cm³/mol. The molecule has 0 saturated carbocycles. The van der Waals surface area contributed by atoms with Gasteiger partial charge in [-0.2, -0.15) is 5.10 Å². The van der Waals surface area contributed by atoms with Crippen molar-refractivity contribution in [2.24, 2.45) is 7.05 Å². The third kappa shape index (κ3) is 3.90. The average Bonchev–Trinajstić information content (AvgIpc) is 2.94. The number of carbonyl (C=O) groups is 1. The van der Waals surface area contributed by atoms with E-state index in [-0.39, 0.29) is 5.91 Å². The van der Waals surface area contributed by atoms with Gasteiger partial charge < -0.3 is 15.0 Å². The molecule has 0 fully saturated rings. The van der Waals surface area contributed by atoms with Gasteiger partial charge in [0.05, 0.1) is 13.3 Å². The minimum Gasteiger partial charge on any atom is -0.496 e. The molecule has 2 aromatic rings. The lowest BCUT2D eigenvalue weighted by Crippen LogP contribution is -2.37. The Morgan fingerprint density at radius 2 is 2.22 bits per heavy atom. The highest BCUT2D eigenvalue weighted by Crippen LogP contribution is 2.20. The van der Waals surface area contributed by atoms with E-state index in [1.54, 1.807) is 29.9 Å². The molecular weight excluding hydrogens is 292 g/mol. The number of aryl methyl sites for hydroxylation is 2. The number of likely N-dealkylation sites (N-methyl/N-ethyl adjacent to an activating group) is 2. The van der Waals surface area contributed by atoms with Crippen molar-refractivity contribution in [3.05, 3.63) is 47.3 Å². The van der Waals surface area contributed by atoms with Crippen molar-refractivity contribution >= 4 is 5.91 Å². The lowest BCUT2D eigenvalue weighted by molar-refractivity contribution is -0.132. The lowest BCUT2D eigenvalue weighted by Gasteiger charge is -2.23. The van der Waals surface area contributed by atoms with E-state index in [1.165, 1.54) is 0 Å². The number of carbonyl (C=O) groups excluding carboxylic acids is 1. The molecule has 124 valence electrons. The van der Waals surface area contributed by atoms with Crippen LogP contribution >= 0.6 is 0 Å². The summed E-state index contributed by atoms with van der Waals surface area (Å²) in [6.07, 6.45) is 3.56. The van der Waals surface area contributed by atoms with Gasteiger partial charge in [0, 0.05) is 32.4 Å². The zero-order chi connectivity index (χ0) is 17.0. The minimum absolute atomic E-state index is 0.00831. The summed E-state index contributed by atoms with van der Waals surface area (Å²) in [5.74, 6) is 0.861. The van der Waals surface area contributed by atoms with Crippen LogP contribution in [0.5, 0.6) is 5.75 Å². The number of ether oxygens (including phenoxy) is 1. The number of rotatable bonds is 6. The van der Waals surface area contributed by atoms with Gasteiger partial charge in [-0.05, 0) is 31.2 Å². The first kappa shape index (κ1) is 17.0. The fourth-order valence-electron chi connectivity index (χ4n) is 2.63. The fraction of sp³-hybridized carbons (Fsp3) is 0.412. The van der Waals surface area contributed by atoms with Gasteiger partial charge in [0.15, 0.2) is 0 Å². The molecule has 0 aliphatic rings. The molecule has 1 heterocycles. The van der Waals surface area contributed by atoms with Crippen LogP contribution in [0.4, 0.5) is 0 Å². The van der Waals surface area contributed by atoms with Crippen molar-refractivity contribution in [1.82, 2.24) is 20.0 Å². The standard InChI is InChI=1S/C17H24N4O2/c1-12-8-13(6-7-15(12)23-5)10-20(3)17(22)16(18-2)14-9-19-21(4)11-14/h6-9,11,16,18H,10H2,1-5H3/t16-/m1/s1. The largest absolute Gasteiger partial charge is 0.496 e. The normalized spacial score (nSPS) is 12.0. The summed E-state index contributed by atoms with van der Waals surface area (Å²) in [6, 6.07) is 5.56. The SMILES string of the molecule is CN[C@@H](C(=O)N(C)Cc1ccc(OC)c(C)c1)c1cnn(C)c1. The van der Waals surface area contributed by atoms with Crippen LogP contribution in [0, 0.1) is 6.92 Å². The second-order valence-corrected chi connectivity index (χ2v) is 5.67. The molecule has 1 atom stereocenters. The molecule has 1 aromatic heterocycles. The Kier molecular flexibility index (Phi) is 5.39. The van der Waals surface area contributed by atoms with Gasteiger partial charge >= 0.3 is 0 Å². The highest BCUT2D eigenvalue weighted by Gasteiger charge is 2.23. The summed E-state index contributed by atoms with van der Waals surface area (Å²) in [5, 5.41) is 7.20. The van der Waals surface area contributed by atoms with E-state index >= 15 is 0 Å². The highest BCUT2D eigenvalue weighted by atomic mass is 16.5. The van der Waals surface area contributed by atoms with Gasteiger partial charge in [0.2, 0.25) is 5.91 Å². The second-order valence-electron chi connectivity index (χ2n) is 5.67. The summed E-state index contributed by atoms with van der Waals surface area (Å²) in [6.45, 7) is 2.54. The van der Waals surface area contributed by atoms with E-state index in [0.717, 1.165) is 22.4 Å². The van der Waals surface area contributed by atoms with E-state index in [2.05, 4.69) is 10.4 Å². The van der Waals surface area contributed by atoms with E-state index in [1.807, 2.05) is 45.4 Å². The molecule has 1 amide bonds.